The lowest BCUT2D eigenvalue weighted by molar-refractivity contribution is 0.0932. The molecular formula is C24H29N3O3. The first kappa shape index (κ1) is 21.7. The molecule has 0 aliphatic heterocycles. The number of ether oxygens (including phenoxy) is 1. The molecule has 0 unspecified atom stereocenters. The molecular weight excluding hydrogens is 378 g/mol. The van der Waals surface area contributed by atoms with Gasteiger partial charge in [-0.05, 0) is 30.5 Å². The first-order chi connectivity index (χ1) is 14.6. The van der Waals surface area contributed by atoms with Gasteiger partial charge in [0.2, 0.25) is 5.89 Å². The van der Waals surface area contributed by atoms with Crippen molar-refractivity contribution < 1.29 is 13.9 Å². The van der Waals surface area contributed by atoms with E-state index in [1.165, 1.54) is 23.0 Å². The van der Waals surface area contributed by atoms with Crippen molar-refractivity contribution >= 4 is 5.91 Å². The summed E-state index contributed by atoms with van der Waals surface area (Å²) < 4.78 is 10.6. The van der Waals surface area contributed by atoms with Crippen molar-refractivity contribution in [3.8, 4) is 0 Å². The molecule has 1 heterocycles. The van der Waals surface area contributed by atoms with E-state index in [4.69, 9.17) is 9.15 Å². The van der Waals surface area contributed by atoms with Crippen molar-refractivity contribution in [3.63, 3.8) is 0 Å². The van der Waals surface area contributed by atoms with E-state index in [1.54, 1.807) is 7.11 Å². The molecule has 3 rings (SSSR count). The number of benzene rings is 2. The Hall–Kier alpha value is -2.96. The second kappa shape index (κ2) is 10.7. The van der Waals surface area contributed by atoms with Gasteiger partial charge in [0.05, 0.1) is 13.2 Å². The van der Waals surface area contributed by atoms with E-state index in [1.807, 2.05) is 24.3 Å². The summed E-state index contributed by atoms with van der Waals surface area (Å²) in [4.78, 5) is 18.9. The van der Waals surface area contributed by atoms with Gasteiger partial charge in [0.25, 0.3) is 5.91 Å². The fourth-order valence-electron chi connectivity index (χ4n) is 3.30. The number of hydrogen-bond acceptors (Lipinski definition) is 5. The van der Waals surface area contributed by atoms with Crippen LogP contribution in [0.5, 0.6) is 0 Å². The summed E-state index contributed by atoms with van der Waals surface area (Å²) in [6, 6.07) is 18.9. The van der Waals surface area contributed by atoms with Gasteiger partial charge < -0.3 is 14.5 Å². The summed E-state index contributed by atoms with van der Waals surface area (Å²) in [5, 5.41) is 2.76. The van der Waals surface area contributed by atoms with Crippen LogP contribution < -0.4 is 5.32 Å². The van der Waals surface area contributed by atoms with Gasteiger partial charge in [0.1, 0.15) is 6.26 Å². The van der Waals surface area contributed by atoms with Gasteiger partial charge in [-0.1, -0.05) is 54.6 Å². The zero-order valence-electron chi connectivity index (χ0n) is 17.8. The van der Waals surface area contributed by atoms with E-state index in [9.17, 15) is 4.79 Å². The Labute approximate surface area is 177 Å². The molecule has 2 aromatic carbocycles. The lowest BCUT2D eigenvalue weighted by Gasteiger charge is -2.29. The van der Waals surface area contributed by atoms with Crippen LogP contribution in [0.1, 0.15) is 46.0 Å². The SMILES string of the molecule is COCCNC(=O)c1coc(CN(Cc2ccccc2C)[C@@H](C)c2ccccc2)n1. The third kappa shape index (κ3) is 5.78. The highest BCUT2D eigenvalue weighted by molar-refractivity contribution is 5.91. The Morgan fingerprint density at radius 2 is 1.87 bits per heavy atom. The van der Waals surface area contributed by atoms with Crippen molar-refractivity contribution in [1.82, 2.24) is 15.2 Å². The lowest BCUT2D eigenvalue weighted by Crippen LogP contribution is -2.28. The number of carbonyl (C=O) groups is 1. The summed E-state index contributed by atoms with van der Waals surface area (Å²) >= 11 is 0. The zero-order chi connectivity index (χ0) is 21.3. The first-order valence-corrected chi connectivity index (χ1v) is 10.1. The molecule has 0 aliphatic rings. The summed E-state index contributed by atoms with van der Waals surface area (Å²) in [6.45, 7) is 6.43. The topological polar surface area (TPSA) is 67.6 Å². The Kier molecular flexibility index (Phi) is 7.76. The molecule has 6 nitrogen and oxygen atoms in total. The molecule has 0 bridgehead atoms. The quantitative estimate of drug-likeness (QED) is 0.512. The first-order valence-electron chi connectivity index (χ1n) is 10.1. The predicted molar refractivity (Wildman–Crippen MR) is 116 cm³/mol. The minimum absolute atomic E-state index is 0.150. The molecule has 1 atom stereocenters. The number of oxazole rings is 1. The van der Waals surface area contributed by atoms with Crippen LogP contribution in [-0.2, 0) is 17.8 Å². The average molecular weight is 408 g/mol. The second-order valence-electron chi connectivity index (χ2n) is 7.29. The molecule has 0 aliphatic carbocycles. The molecule has 0 fully saturated rings. The van der Waals surface area contributed by atoms with Gasteiger partial charge in [0.15, 0.2) is 5.69 Å². The number of amides is 1. The van der Waals surface area contributed by atoms with E-state index in [0.29, 0.717) is 25.6 Å². The van der Waals surface area contributed by atoms with Crippen molar-refractivity contribution in [2.45, 2.75) is 33.0 Å². The van der Waals surface area contributed by atoms with Crippen LogP contribution in [0.2, 0.25) is 0 Å². The van der Waals surface area contributed by atoms with E-state index in [2.05, 4.69) is 59.4 Å². The van der Waals surface area contributed by atoms with Gasteiger partial charge in [-0.2, -0.15) is 0 Å². The number of aryl methyl sites for hydroxylation is 1. The molecule has 158 valence electrons. The summed E-state index contributed by atoms with van der Waals surface area (Å²) in [6.07, 6.45) is 1.41. The van der Waals surface area contributed by atoms with Gasteiger partial charge in [-0.25, -0.2) is 4.98 Å². The summed E-state index contributed by atoms with van der Waals surface area (Å²) in [7, 11) is 1.59. The highest BCUT2D eigenvalue weighted by atomic mass is 16.5. The third-order valence-corrected chi connectivity index (χ3v) is 5.18. The van der Waals surface area contributed by atoms with Gasteiger partial charge in [-0.15, -0.1) is 0 Å². The van der Waals surface area contributed by atoms with Crippen LogP contribution >= 0.6 is 0 Å². The molecule has 0 saturated heterocycles. The number of methoxy groups -OCH3 is 1. The second-order valence-corrected chi connectivity index (χ2v) is 7.29. The number of carbonyl (C=O) groups excluding carboxylic acids is 1. The Bertz CT molecular complexity index is 940. The number of aromatic nitrogens is 1. The maximum absolute atomic E-state index is 12.2. The van der Waals surface area contributed by atoms with E-state index >= 15 is 0 Å². The van der Waals surface area contributed by atoms with Crippen LogP contribution in [0.4, 0.5) is 0 Å². The highest BCUT2D eigenvalue weighted by Crippen LogP contribution is 2.25. The molecule has 3 aromatic rings. The minimum atomic E-state index is -0.261. The highest BCUT2D eigenvalue weighted by Gasteiger charge is 2.20. The molecule has 0 spiro atoms. The number of hydrogen-bond donors (Lipinski definition) is 1. The maximum Gasteiger partial charge on any atom is 0.273 e. The normalized spacial score (nSPS) is 12.1. The molecule has 30 heavy (non-hydrogen) atoms. The Balaban J connectivity index is 1.77. The Morgan fingerprint density at radius 1 is 1.13 bits per heavy atom. The summed E-state index contributed by atoms with van der Waals surface area (Å²) in [5.41, 5.74) is 4.00. The van der Waals surface area contributed by atoms with Crippen LogP contribution in [0.25, 0.3) is 0 Å². The van der Waals surface area contributed by atoms with Gasteiger partial charge in [-0.3, -0.25) is 9.69 Å². The van der Waals surface area contributed by atoms with Crippen molar-refractivity contribution in [2.24, 2.45) is 0 Å². The van der Waals surface area contributed by atoms with E-state index in [0.717, 1.165) is 6.54 Å². The largest absolute Gasteiger partial charge is 0.447 e. The van der Waals surface area contributed by atoms with Crippen LogP contribution in [0.3, 0.4) is 0 Å². The smallest absolute Gasteiger partial charge is 0.273 e. The maximum atomic E-state index is 12.2. The zero-order valence-corrected chi connectivity index (χ0v) is 17.8. The lowest BCUT2D eigenvalue weighted by atomic mass is 10.0. The number of nitrogens with one attached hydrogen (secondary N) is 1. The molecule has 1 amide bonds. The van der Waals surface area contributed by atoms with Crippen LogP contribution in [0.15, 0.2) is 65.3 Å². The van der Waals surface area contributed by atoms with Gasteiger partial charge >= 0.3 is 0 Å². The van der Waals surface area contributed by atoms with E-state index in [-0.39, 0.29) is 17.6 Å². The number of nitrogens with zero attached hydrogens (tertiary/aromatic N) is 2. The van der Waals surface area contributed by atoms with Crippen molar-refractivity contribution in [1.29, 1.82) is 0 Å². The standard InChI is InChI=1S/C24H29N3O3/c1-18-9-7-8-12-21(18)15-27(19(2)20-10-5-4-6-11-20)16-23-26-22(17-30-23)24(28)25-13-14-29-3/h4-12,17,19H,13-16H2,1-3H3,(H,25,28)/t19-/m0/s1. The average Bonchev–Trinajstić information content (AvgIpc) is 3.24. The third-order valence-electron chi connectivity index (χ3n) is 5.18. The molecule has 0 saturated carbocycles. The molecule has 1 N–H and O–H groups in total. The predicted octanol–water partition coefficient (Wildman–Crippen LogP) is 4.12. The van der Waals surface area contributed by atoms with Crippen LogP contribution in [-0.4, -0.2) is 36.1 Å². The fraction of sp³-hybridized carbons (Fsp3) is 0.333. The van der Waals surface area contributed by atoms with Crippen molar-refractivity contribution in [3.05, 3.63) is 89.1 Å². The minimum Gasteiger partial charge on any atom is -0.447 e. The molecule has 0 radical (unpaired) electrons. The number of rotatable bonds is 10. The van der Waals surface area contributed by atoms with Crippen LogP contribution in [0, 0.1) is 6.92 Å². The van der Waals surface area contributed by atoms with Crippen molar-refractivity contribution in [2.75, 3.05) is 20.3 Å². The molecule has 1 aromatic heterocycles. The molecule has 6 heteroatoms. The monoisotopic (exact) mass is 407 g/mol. The Morgan fingerprint density at radius 3 is 2.60 bits per heavy atom. The van der Waals surface area contributed by atoms with E-state index < -0.39 is 0 Å². The summed E-state index contributed by atoms with van der Waals surface area (Å²) in [5.74, 6) is 0.256. The van der Waals surface area contributed by atoms with Gasteiger partial charge in [0, 0.05) is 26.2 Å². The fourth-order valence-corrected chi connectivity index (χ4v) is 3.30.